The predicted molar refractivity (Wildman–Crippen MR) is 121 cm³/mol. The summed E-state index contributed by atoms with van der Waals surface area (Å²) in [7, 11) is 1.77. The molecule has 1 aromatic heterocycles. The molecule has 0 aliphatic rings. The maximum atomic E-state index is 5.11. The zero-order valence-corrected chi connectivity index (χ0v) is 18.0. The van der Waals surface area contributed by atoms with Crippen molar-refractivity contribution in [2.75, 3.05) is 13.7 Å². The smallest absolute Gasteiger partial charge is 0.0894 e. The van der Waals surface area contributed by atoms with Gasteiger partial charge in [0, 0.05) is 13.7 Å². The number of rotatable bonds is 15. The minimum Gasteiger partial charge on any atom is -0.385 e. The number of aromatic nitrogens is 2. The average Bonchev–Trinajstić information content (AvgIpc) is 2.72. The molecule has 3 heteroatoms. The van der Waals surface area contributed by atoms with E-state index in [1.165, 1.54) is 64.2 Å². The molecule has 0 radical (unpaired) electrons. The summed E-state index contributed by atoms with van der Waals surface area (Å²) < 4.78 is 5.11. The summed E-state index contributed by atoms with van der Waals surface area (Å²) in [6.45, 7) is 3.15. The molecule has 0 N–H and O–H groups in total. The lowest BCUT2D eigenvalue weighted by atomic mass is 10.1. The first-order valence-corrected chi connectivity index (χ1v) is 11.3. The SMILES string of the molecule is CCCCCCCCc1nc2ccccc2nc1/C=C/CCCCCCOC. The van der Waals surface area contributed by atoms with Crippen LogP contribution in [0.4, 0.5) is 0 Å². The predicted octanol–water partition coefficient (Wildman–Crippen LogP) is 7.14. The maximum Gasteiger partial charge on any atom is 0.0894 e. The lowest BCUT2D eigenvalue weighted by molar-refractivity contribution is 0.192. The normalized spacial score (nSPS) is 11.6. The van der Waals surface area contributed by atoms with E-state index >= 15 is 0 Å². The number of unbranched alkanes of at least 4 members (excludes halogenated alkanes) is 9. The molecule has 0 aliphatic carbocycles. The third-order valence-corrected chi connectivity index (χ3v) is 5.19. The van der Waals surface area contributed by atoms with E-state index in [2.05, 4.69) is 31.2 Å². The van der Waals surface area contributed by atoms with Crippen LogP contribution in [-0.2, 0) is 11.2 Å². The fourth-order valence-electron chi connectivity index (χ4n) is 3.50. The molecule has 154 valence electrons. The summed E-state index contributed by atoms with van der Waals surface area (Å²) in [5, 5.41) is 0. The molecule has 0 bridgehead atoms. The Kier molecular flexibility index (Phi) is 11.5. The van der Waals surface area contributed by atoms with Gasteiger partial charge in [0.15, 0.2) is 0 Å². The second kappa shape index (κ2) is 14.3. The van der Waals surface area contributed by atoms with E-state index < -0.39 is 0 Å². The maximum absolute atomic E-state index is 5.11. The molecule has 2 rings (SSSR count). The Balaban J connectivity index is 1.90. The van der Waals surface area contributed by atoms with Crippen molar-refractivity contribution >= 4 is 17.1 Å². The zero-order chi connectivity index (χ0) is 19.9. The van der Waals surface area contributed by atoms with E-state index in [0.717, 1.165) is 41.9 Å². The summed E-state index contributed by atoms with van der Waals surface area (Å²) in [5.74, 6) is 0. The van der Waals surface area contributed by atoms with Gasteiger partial charge in [-0.15, -0.1) is 0 Å². The fourth-order valence-corrected chi connectivity index (χ4v) is 3.50. The second-order valence-corrected chi connectivity index (χ2v) is 7.66. The Hall–Kier alpha value is -1.74. The molecule has 1 heterocycles. The Morgan fingerprint density at radius 1 is 0.821 bits per heavy atom. The van der Waals surface area contributed by atoms with E-state index in [0.29, 0.717) is 0 Å². The number of fused-ring (bicyclic) bond motifs is 1. The Morgan fingerprint density at radius 2 is 1.50 bits per heavy atom. The summed E-state index contributed by atoms with van der Waals surface area (Å²) in [4.78, 5) is 9.83. The van der Waals surface area contributed by atoms with Crippen molar-refractivity contribution in [3.8, 4) is 0 Å². The highest BCUT2D eigenvalue weighted by Gasteiger charge is 2.06. The topological polar surface area (TPSA) is 35.0 Å². The molecule has 0 unspecified atom stereocenters. The lowest BCUT2D eigenvalue weighted by Crippen LogP contribution is -1.99. The van der Waals surface area contributed by atoms with Gasteiger partial charge in [0.2, 0.25) is 0 Å². The van der Waals surface area contributed by atoms with E-state index in [4.69, 9.17) is 14.7 Å². The number of ether oxygens (including phenoxy) is 1. The van der Waals surface area contributed by atoms with Crippen LogP contribution in [0.5, 0.6) is 0 Å². The molecule has 0 fully saturated rings. The number of aryl methyl sites for hydroxylation is 1. The summed E-state index contributed by atoms with van der Waals surface area (Å²) in [6, 6.07) is 8.22. The first-order valence-electron chi connectivity index (χ1n) is 11.3. The molecule has 0 saturated heterocycles. The number of allylic oxidation sites excluding steroid dienone is 1. The largest absolute Gasteiger partial charge is 0.385 e. The Bertz CT molecular complexity index is 696. The van der Waals surface area contributed by atoms with Gasteiger partial charge >= 0.3 is 0 Å². The number of hydrogen-bond donors (Lipinski definition) is 0. The summed E-state index contributed by atoms with van der Waals surface area (Å²) in [5.41, 5.74) is 4.23. The van der Waals surface area contributed by atoms with Gasteiger partial charge in [-0.05, 0) is 50.3 Å². The molecule has 0 saturated carbocycles. The van der Waals surface area contributed by atoms with Crippen molar-refractivity contribution in [1.82, 2.24) is 9.97 Å². The lowest BCUT2D eigenvalue weighted by Gasteiger charge is -2.07. The monoisotopic (exact) mass is 382 g/mol. The molecule has 2 aromatic rings. The zero-order valence-electron chi connectivity index (χ0n) is 18.0. The van der Waals surface area contributed by atoms with Crippen molar-refractivity contribution in [2.45, 2.75) is 84.0 Å². The molecular weight excluding hydrogens is 344 g/mol. The molecule has 0 aliphatic heterocycles. The molecule has 28 heavy (non-hydrogen) atoms. The highest BCUT2D eigenvalue weighted by molar-refractivity contribution is 5.75. The first-order chi connectivity index (χ1) is 13.8. The van der Waals surface area contributed by atoms with Crippen molar-refractivity contribution in [1.29, 1.82) is 0 Å². The van der Waals surface area contributed by atoms with Crippen molar-refractivity contribution in [2.24, 2.45) is 0 Å². The van der Waals surface area contributed by atoms with Crippen LogP contribution < -0.4 is 0 Å². The van der Waals surface area contributed by atoms with Gasteiger partial charge in [-0.2, -0.15) is 0 Å². The van der Waals surface area contributed by atoms with Crippen LogP contribution in [0.1, 0.15) is 88.9 Å². The molecular formula is C25H38N2O. The Labute approximate surface area is 171 Å². The molecule has 0 amide bonds. The number of para-hydroxylation sites is 2. The second-order valence-electron chi connectivity index (χ2n) is 7.66. The van der Waals surface area contributed by atoms with E-state index in [9.17, 15) is 0 Å². The third-order valence-electron chi connectivity index (χ3n) is 5.19. The minimum absolute atomic E-state index is 0.879. The van der Waals surface area contributed by atoms with Crippen LogP contribution in [0.15, 0.2) is 30.3 Å². The van der Waals surface area contributed by atoms with Crippen LogP contribution in [-0.4, -0.2) is 23.7 Å². The highest BCUT2D eigenvalue weighted by atomic mass is 16.5. The Morgan fingerprint density at radius 3 is 2.29 bits per heavy atom. The van der Waals surface area contributed by atoms with Gasteiger partial charge in [0.1, 0.15) is 0 Å². The number of hydrogen-bond acceptors (Lipinski definition) is 3. The summed E-state index contributed by atoms with van der Waals surface area (Å²) >= 11 is 0. The standard InChI is InChI=1S/C25H38N2O/c1-3-4-5-6-9-12-17-22-23(18-13-10-7-8-11-16-21-28-2)27-25-20-15-14-19-24(25)26-22/h13-15,18-20H,3-12,16-17,21H2,1-2H3/b18-13+. The third kappa shape index (κ3) is 8.52. The van der Waals surface area contributed by atoms with Crippen LogP contribution >= 0.6 is 0 Å². The molecule has 0 spiro atoms. The quantitative estimate of drug-likeness (QED) is 0.307. The summed E-state index contributed by atoms with van der Waals surface area (Å²) in [6.07, 6.45) is 19.4. The van der Waals surface area contributed by atoms with E-state index in [-0.39, 0.29) is 0 Å². The minimum atomic E-state index is 0.879. The van der Waals surface area contributed by atoms with Crippen LogP contribution in [0.3, 0.4) is 0 Å². The molecule has 3 nitrogen and oxygen atoms in total. The fraction of sp³-hybridized carbons (Fsp3) is 0.600. The van der Waals surface area contributed by atoms with Crippen molar-refractivity contribution < 1.29 is 4.74 Å². The number of benzene rings is 1. The van der Waals surface area contributed by atoms with Crippen LogP contribution in [0, 0.1) is 0 Å². The van der Waals surface area contributed by atoms with Gasteiger partial charge in [-0.3, -0.25) is 0 Å². The number of nitrogens with zero attached hydrogens (tertiary/aromatic N) is 2. The molecule has 1 aromatic carbocycles. The van der Waals surface area contributed by atoms with Gasteiger partial charge in [-0.1, -0.05) is 70.1 Å². The van der Waals surface area contributed by atoms with Crippen molar-refractivity contribution in [3.05, 3.63) is 41.7 Å². The first kappa shape index (κ1) is 22.5. The highest BCUT2D eigenvalue weighted by Crippen LogP contribution is 2.18. The van der Waals surface area contributed by atoms with Gasteiger partial charge in [-0.25, -0.2) is 9.97 Å². The van der Waals surface area contributed by atoms with Gasteiger partial charge < -0.3 is 4.74 Å². The van der Waals surface area contributed by atoms with E-state index in [1.807, 2.05) is 12.1 Å². The number of methoxy groups -OCH3 is 1. The van der Waals surface area contributed by atoms with E-state index in [1.54, 1.807) is 7.11 Å². The van der Waals surface area contributed by atoms with Gasteiger partial charge in [0.05, 0.1) is 22.4 Å². The molecule has 0 atom stereocenters. The average molecular weight is 383 g/mol. The van der Waals surface area contributed by atoms with Crippen LogP contribution in [0.25, 0.3) is 17.1 Å². The van der Waals surface area contributed by atoms with Crippen LogP contribution in [0.2, 0.25) is 0 Å². The van der Waals surface area contributed by atoms with Crippen molar-refractivity contribution in [3.63, 3.8) is 0 Å². The van der Waals surface area contributed by atoms with Gasteiger partial charge in [0.25, 0.3) is 0 Å².